The molecule has 0 saturated heterocycles. The van der Waals surface area contributed by atoms with Crippen LogP contribution in [0.2, 0.25) is 0 Å². The summed E-state index contributed by atoms with van der Waals surface area (Å²) in [5.41, 5.74) is -0.296. The number of terminal acetylenes is 1. The average Bonchev–Trinajstić information content (AvgIpc) is 2.63. The fourth-order valence-electron chi connectivity index (χ4n) is 2.07. The highest BCUT2D eigenvalue weighted by atomic mass is 16.5. The second-order valence-electron chi connectivity index (χ2n) is 4.84. The van der Waals surface area contributed by atoms with E-state index in [9.17, 15) is 9.59 Å². The molecule has 1 rings (SSSR count). The van der Waals surface area contributed by atoms with E-state index >= 15 is 0 Å². The minimum Gasteiger partial charge on any atom is -0.468 e. The lowest BCUT2D eigenvalue weighted by atomic mass is 9.81. The first-order valence-electron chi connectivity index (χ1n) is 7.16. The lowest BCUT2D eigenvalue weighted by Crippen LogP contribution is -2.40. The number of esters is 2. The van der Waals surface area contributed by atoms with Crippen LogP contribution < -0.4 is 0 Å². The predicted octanol–water partition coefficient (Wildman–Crippen LogP) is 2.16. The van der Waals surface area contributed by atoms with Crippen LogP contribution in [-0.2, 0) is 19.1 Å². The van der Waals surface area contributed by atoms with Gasteiger partial charge in [-0.25, -0.2) is 0 Å². The van der Waals surface area contributed by atoms with Crippen molar-refractivity contribution in [1.29, 1.82) is 0 Å². The molecule has 0 radical (unpaired) electrons. The summed E-state index contributed by atoms with van der Waals surface area (Å²) in [6, 6.07) is 7.15. The summed E-state index contributed by atoms with van der Waals surface area (Å²) in [5.74, 6) is 12.2. The maximum atomic E-state index is 12.2. The maximum Gasteiger partial charge on any atom is 0.325 e. The van der Waals surface area contributed by atoms with Gasteiger partial charge in [-0.3, -0.25) is 9.59 Å². The van der Waals surface area contributed by atoms with Crippen LogP contribution in [0.4, 0.5) is 0 Å². The van der Waals surface area contributed by atoms with E-state index in [1.165, 1.54) is 14.2 Å². The number of methoxy groups -OCH3 is 2. The first-order chi connectivity index (χ1) is 11.6. The van der Waals surface area contributed by atoms with Gasteiger partial charge < -0.3 is 9.47 Å². The van der Waals surface area contributed by atoms with E-state index in [2.05, 4.69) is 29.6 Å². The average molecular weight is 322 g/mol. The Labute approximate surface area is 142 Å². The summed E-state index contributed by atoms with van der Waals surface area (Å²) >= 11 is 0. The smallest absolute Gasteiger partial charge is 0.325 e. The van der Waals surface area contributed by atoms with E-state index in [1.54, 1.807) is 25.1 Å². The molecule has 4 heteroatoms. The van der Waals surface area contributed by atoms with Gasteiger partial charge in [-0.1, -0.05) is 29.9 Å². The molecule has 0 aliphatic rings. The van der Waals surface area contributed by atoms with Crippen molar-refractivity contribution in [3.05, 3.63) is 35.4 Å². The molecule has 24 heavy (non-hydrogen) atoms. The monoisotopic (exact) mass is 322 g/mol. The molecule has 0 unspecified atom stereocenters. The molecular weight excluding hydrogens is 304 g/mol. The number of hydrogen-bond donors (Lipinski definition) is 0. The van der Waals surface area contributed by atoms with E-state index in [0.29, 0.717) is 11.1 Å². The van der Waals surface area contributed by atoms with Crippen LogP contribution in [0.1, 0.15) is 30.9 Å². The second kappa shape index (κ2) is 9.09. The SMILES string of the molecule is C#Cc1ccccc1C#CCC(CC#CC)(C(=O)OC)C(=O)OC. The van der Waals surface area contributed by atoms with E-state index in [4.69, 9.17) is 15.9 Å². The van der Waals surface area contributed by atoms with Crippen molar-refractivity contribution in [2.24, 2.45) is 5.41 Å². The van der Waals surface area contributed by atoms with Crippen molar-refractivity contribution in [2.75, 3.05) is 14.2 Å². The van der Waals surface area contributed by atoms with Gasteiger partial charge >= 0.3 is 11.9 Å². The molecule has 0 heterocycles. The number of rotatable bonds is 4. The predicted molar refractivity (Wildman–Crippen MR) is 90.4 cm³/mol. The zero-order valence-corrected chi connectivity index (χ0v) is 13.9. The summed E-state index contributed by atoms with van der Waals surface area (Å²) in [7, 11) is 2.42. The molecule has 0 aromatic heterocycles. The van der Waals surface area contributed by atoms with Crippen molar-refractivity contribution in [2.45, 2.75) is 19.8 Å². The number of ether oxygens (including phenoxy) is 2. The van der Waals surface area contributed by atoms with Crippen LogP contribution in [0.3, 0.4) is 0 Å². The number of carbonyl (C=O) groups is 2. The van der Waals surface area contributed by atoms with Gasteiger partial charge in [-0.2, -0.15) is 0 Å². The van der Waals surface area contributed by atoms with Crippen molar-refractivity contribution >= 4 is 11.9 Å². The third-order valence-electron chi connectivity index (χ3n) is 3.41. The Balaban J connectivity index is 3.25. The third kappa shape index (κ3) is 4.19. The quantitative estimate of drug-likeness (QED) is 0.484. The van der Waals surface area contributed by atoms with Gasteiger partial charge in [0, 0.05) is 24.0 Å². The molecule has 0 spiro atoms. The Morgan fingerprint density at radius 1 is 1.04 bits per heavy atom. The van der Waals surface area contributed by atoms with Gasteiger partial charge in [0.25, 0.3) is 0 Å². The van der Waals surface area contributed by atoms with Crippen LogP contribution in [0.5, 0.6) is 0 Å². The summed E-state index contributed by atoms with van der Waals surface area (Å²) in [4.78, 5) is 24.4. The van der Waals surface area contributed by atoms with Gasteiger partial charge in [-0.05, 0) is 19.1 Å². The summed E-state index contributed by atoms with van der Waals surface area (Å²) in [5, 5.41) is 0. The Bertz CT molecular complexity index is 760. The Kier molecular flexibility index (Phi) is 7.15. The molecule has 0 fully saturated rings. The molecule has 1 aromatic rings. The molecular formula is C20H18O4. The molecule has 0 aliphatic heterocycles. The molecule has 4 nitrogen and oxygen atoms in total. The Morgan fingerprint density at radius 3 is 2.08 bits per heavy atom. The summed E-state index contributed by atoms with van der Waals surface area (Å²) in [6.45, 7) is 1.62. The fraction of sp³-hybridized carbons (Fsp3) is 0.300. The Morgan fingerprint density at radius 2 is 1.58 bits per heavy atom. The van der Waals surface area contributed by atoms with Gasteiger partial charge in [0.05, 0.1) is 14.2 Å². The Hall–Kier alpha value is -3.16. The first kappa shape index (κ1) is 18.9. The van der Waals surface area contributed by atoms with Gasteiger partial charge in [-0.15, -0.1) is 18.3 Å². The fourth-order valence-corrected chi connectivity index (χ4v) is 2.07. The van der Waals surface area contributed by atoms with Gasteiger partial charge in [0.1, 0.15) is 0 Å². The minimum absolute atomic E-state index is 0.0334. The molecule has 0 bridgehead atoms. The summed E-state index contributed by atoms with van der Waals surface area (Å²) in [6.07, 6.45) is 5.31. The highest BCUT2D eigenvalue weighted by molar-refractivity contribution is 6.00. The molecule has 0 atom stereocenters. The zero-order chi connectivity index (χ0) is 18.0. The highest BCUT2D eigenvalue weighted by Crippen LogP contribution is 2.29. The molecule has 0 amide bonds. The normalized spacial score (nSPS) is 9.42. The standard InChI is InChI=1S/C20H18O4/c1-5-7-14-20(18(21)23-3,19(22)24-4)15-10-13-17-12-9-8-11-16(17)6-2/h2,8-9,11-12H,14-15H2,1,3-4H3. The van der Waals surface area contributed by atoms with Crippen LogP contribution in [0, 0.1) is 41.4 Å². The third-order valence-corrected chi connectivity index (χ3v) is 3.41. The molecule has 0 aliphatic carbocycles. The molecule has 0 N–H and O–H groups in total. The van der Waals surface area contributed by atoms with Crippen molar-refractivity contribution < 1.29 is 19.1 Å². The molecule has 1 aromatic carbocycles. The lowest BCUT2D eigenvalue weighted by Gasteiger charge is -2.23. The van der Waals surface area contributed by atoms with E-state index < -0.39 is 17.4 Å². The van der Waals surface area contributed by atoms with Crippen molar-refractivity contribution in [3.63, 3.8) is 0 Å². The highest BCUT2D eigenvalue weighted by Gasteiger charge is 2.47. The van der Waals surface area contributed by atoms with Crippen LogP contribution >= 0.6 is 0 Å². The van der Waals surface area contributed by atoms with Crippen molar-refractivity contribution in [3.8, 4) is 36.0 Å². The second-order valence-corrected chi connectivity index (χ2v) is 4.84. The lowest BCUT2D eigenvalue weighted by molar-refractivity contribution is -0.168. The largest absolute Gasteiger partial charge is 0.468 e. The minimum atomic E-state index is -1.58. The van der Waals surface area contributed by atoms with Crippen LogP contribution in [0.25, 0.3) is 0 Å². The van der Waals surface area contributed by atoms with Crippen molar-refractivity contribution in [1.82, 2.24) is 0 Å². The van der Waals surface area contributed by atoms with Gasteiger partial charge in [0.15, 0.2) is 5.41 Å². The molecule has 122 valence electrons. The zero-order valence-electron chi connectivity index (χ0n) is 13.9. The number of hydrogen-bond acceptors (Lipinski definition) is 4. The van der Waals surface area contributed by atoms with Gasteiger partial charge in [0.2, 0.25) is 0 Å². The van der Waals surface area contributed by atoms with E-state index in [1.807, 2.05) is 6.07 Å². The molecule has 0 saturated carbocycles. The summed E-state index contributed by atoms with van der Waals surface area (Å²) < 4.78 is 9.55. The number of benzene rings is 1. The van der Waals surface area contributed by atoms with E-state index in [0.717, 1.165) is 0 Å². The van der Waals surface area contributed by atoms with Crippen LogP contribution in [-0.4, -0.2) is 26.2 Å². The van der Waals surface area contributed by atoms with Crippen LogP contribution in [0.15, 0.2) is 24.3 Å². The topological polar surface area (TPSA) is 52.6 Å². The first-order valence-corrected chi connectivity index (χ1v) is 7.16. The maximum absolute atomic E-state index is 12.2. The van der Waals surface area contributed by atoms with E-state index in [-0.39, 0.29) is 12.8 Å². The number of carbonyl (C=O) groups excluding carboxylic acids is 2.